The third-order valence-corrected chi connectivity index (χ3v) is 2.45. The number of rotatable bonds is 7. The molecule has 0 saturated carbocycles. The van der Waals surface area contributed by atoms with Gasteiger partial charge in [-0.1, -0.05) is 6.58 Å². The summed E-state index contributed by atoms with van der Waals surface area (Å²) >= 11 is 0. The van der Waals surface area contributed by atoms with E-state index in [1.807, 2.05) is 6.07 Å². The minimum Gasteiger partial charge on any atom is -0.513 e. The second-order valence-electron chi connectivity index (χ2n) is 4.10. The number of carbonyl (C=O) groups is 1. The van der Waals surface area contributed by atoms with Crippen molar-refractivity contribution in [3.63, 3.8) is 0 Å². The van der Waals surface area contributed by atoms with Crippen LogP contribution in [0, 0.1) is 0 Å². The molecule has 0 aliphatic heterocycles. The van der Waals surface area contributed by atoms with Crippen LogP contribution in [0.2, 0.25) is 0 Å². The van der Waals surface area contributed by atoms with Crippen molar-refractivity contribution in [3.8, 4) is 0 Å². The topological polar surface area (TPSA) is 79.9 Å². The molecule has 0 aliphatic rings. The summed E-state index contributed by atoms with van der Waals surface area (Å²) in [6, 6.07) is 3.57. The lowest BCUT2D eigenvalue weighted by molar-refractivity contribution is -0.153. The van der Waals surface area contributed by atoms with Crippen LogP contribution in [0.1, 0.15) is 25.5 Å². The Morgan fingerprint density at radius 2 is 2.33 bits per heavy atom. The highest BCUT2D eigenvalue weighted by Crippen LogP contribution is 2.15. The fraction of sp³-hybridized carbons (Fsp3) is 0.462. The fourth-order valence-electron chi connectivity index (χ4n) is 1.66. The van der Waals surface area contributed by atoms with E-state index in [1.165, 1.54) is 6.92 Å². The Hall–Kier alpha value is -1.75. The molecular formula is C13H18O5. The summed E-state index contributed by atoms with van der Waals surface area (Å²) < 4.78 is 10.2. The first-order chi connectivity index (χ1) is 8.49. The summed E-state index contributed by atoms with van der Waals surface area (Å²) in [4.78, 5) is 11.0. The Kier molecular flexibility index (Phi) is 5.45. The van der Waals surface area contributed by atoms with E-state index in [4.69, 9.17) is 14.3 Å². The summed E-state index contributed by atoms with van der Waals surface area (Å²) in [6.45, 7) is 4.58. The van der Waals surface area contributed by atoms with Crippen LogP contribution >= 0.6 is 0 Å². The molecule has 0 aliphatic carbocycles. The van der Waals surface area contributed by atoms with Gasteiger partial charge in [0.05, 0.1) is 18.1 Å². The van der Waals surface area contributed by atoms with Crippen molar-refractivity contribution in [2.24, 2.45) is 0 Å². The van der Waals surface area contributed by atoms with Gasteiger partial charge >= 0.3 is 5.97 Å². The molecule has 0 aromatic carbocycles. The number of aliphatic hydroxyl groups is 2. The smallest absolute Gasteiger partial charge is 0.302 e. The average molecular weight is 254 g/mol. The molecular weight excluding hydrogens is 236 g/mol. The molecule has 18 heavy (non-hydrogen) atoms. The predicted molar refractivity (Wildman–Crippen MR) is 65.0 cm³/mol. The van der Waals surface area contributed by atoms with Gasteiger partial charge in [-0.05, 0) is 18.6 Å². The van der Waals surface area contributed by atoms with Crippen molar-refractivity contribution in [1.82, 2.24) is 0 Å². The molecule has 2 N–H and O–H groups in total. The number of carbonyl (C=O) groups excluding carboxylic acids is 1. The van der Waals surface area contributed by atoms with E-state index >= 15 is 0 Å². The summed E-state index contributed by atoms with van der Waals surface area (Å²) in [5.74, 6) is 0.141. The van der Waals surface area contributed by atoms with E-state index < -0.39 is 18.2 Å². The zero-order valence-corrected chi connectivity index (χ0v) is 10.3. The lowest BCUT2D eigenvalue weighted by Gasteiger charge is -2.22. The maximum atomic E-state index is 11.0. The van der Waals surface area contributed by atoms with E-state index in [1.54, 1.807) is 12.3 Å². The molecule has 0 amide bonds. The minimum atomic E-state index is -0.971. The normalized spacial score (nSPS) is 13.9. The third kappa shape index (κ3) is 5.05. The first kappa shape index (κ1) is 14.3. The zero-order chi connectivity index (χ0) is 13.5. The summed E-state index contributed by atoms with van der Waals surface area (Å²) in [6.07, 6.45) is 0.845. The number of esters is 1. The monoisotopic (exact) mass is 254 g/mol. The van der Waals surface area contributed by atoms with Crippen LogP contribution in [0.3, 0.4) is 0 Å². The van der Waals surface area contributed by atoms with E-state index in [9.17, 15) is 9.90 Å². The molecule has 1 aromatic rings. The number of ether oxygens (including phenoxy) is 1. The van der Waals surface area contributed by atoms with Crippen LogP contribution in [0.4, 0.5) is 0 Å². The number of hydrogen-bond donors (Lipinski definition) is 2. The lowest BCUT2D eigenvalue weighted by Crippen LogP contribution is -2.31. The zero-order valence-electron chi connectivity index (χ0n) is 10.3. The summed E-state index contributed by atoms with van der Waals surface area (Å²) in [7, 11) is 0. The van der Waals surface area contributed by atoms with Gasteiger partial charge in [0.1, 0.15) is 11.9 Å². The van der Waals surface area contributed by atoms with E-state index in [-0.39, 0.29) is 12.2 Å². The van der Waals surface area contributed by atoms with Gasteiger partial charge in [-0.15, -0.1) is 0 Å². The predicted octanol–water partition coefficient (Wildman–Crippen LogP) is 1.97. The second-order valence-corrected chi connectivity index (χ2v) is 4.10. The van der Waals surface area contributed by atoms with E-state index in [0.717, 1.165) is 5.76 Å². The molecule has 5 nitrogen and oxygen atoms in total. The van der Waals surface area contributed by atoms with Crippen molar-refractivity contribution in [3.05, 3.63) is 36.5 Å². The van der Waals surface area contributed by atoms with Crippen molar-refractivity contribution < 1.29 is 24.2 Å². The summed E-state index contributed by atoms with van der Waals surface area (Å²) in [5, 5.41) is 18.9. The van der Waals surface area contributed by atoms with Crippen LogP contribution in [-0.4, -0.2) is 28.4 Å². The van der Waals surface area contributed by atoms with Crippen molar-refractivity contribution in [2.45, 2.75) is 38.4 Å². The SMILES string of the molecule is C=C(O)CC(O)C(CCc1ccco1)OC(C)=O. The minimum absolute atomic E-state index is 0.0178. The molecule has 1 heterocycles. The van der Waals surface area contributed by atoms with E-state index in [2.05, 4.69) is 6.58 Å². The van der Waals surface area contributed by atoms with Gasteiger partial charge in [0.15, 0.2) is 0 Å². The number of aliphatic hydroxyl groups excluding tert-OH is 2. The van der Waals surface area contributed by atoms with Gasteiger partial charge in [-0.2, -0.15) is 0 Å². The first-order valence-electron chi connectivity index (χ1n) is 5.73. The molecule has 0 spiro atoms. The molecule has 2 atom stereocenters. The third-order valence-electron chi connectivity index (χ3n) is 2.45. The Labute approximate surface area is 106 Å². The number of aryl methyl sites for hydroxylation is 1. The standard InChI is InChI=1S/C13H18O5/c1-9(14)8-12(16)13(18-10(2)15)6-5-11-4-3-7-17-11/h3-4,7,12-14,16H,1,5-6,8H2,2H3. The quantitative estimate of drug-likeness (QED) is 0.574. The van der Waals surface area contributed by atoms with Crippen molar-refractivity contribution >= 4 is 5.97 Å². The largest absolute Gasteiger partial charge is 0.513 e. The van der Waals surface area contributed by atoms with Crippen LogP contribution in [0.5, 0.6) is 0 Å². The molecule has 0 bridgehead atoms. The van der Waals surface area contributed by atoms with Gasteiger partial charge in [-0.3, -0.25) is 4.79 Å². The average Bonchev–Trinajstić information content (AvgIpc) is 2.75. The molecule has 5 heteroatoms. The van der Waals surface area contributed by atoms with Gasteiger partial charge in [0.25, 0.3) is 0 Å². The molecule has 2 unspecified atom stereocenters. The maximum absolute atomic E-state index is 11.0. The van der Waals surface area contributed by atoms with Gasteiger partial charge in [-0.25, -0.2) is 0 Å². The van der Waals surface area contributed by atoms with Crippen LogP contribution < -0.4 is 0 Å². The maximum Gasteiger partial charge on any atom is 0.302 e. The van der Waals surface area contributed by atoms with Gasteiger partial charge in [0.2, 0.25) is 0 Å². The van der Waals surface area contributed by atoms with Crippen LogP contribution in [0.15, 0.2) is 35.2 Å². The van der Waals surface area contributed by atoms with Gasteiger partial charge in [0, 0.05) is 19.8 Å². The van der Waals surface area contributed by atoms with Crippen LogP contribution in [-0.2, 0) is 16.0 Å². The highest BCUT2D eigenvalue weighted by Gasteiger charge is 2.23. The number of furan rings is 1. The highest BCUT2D eigenvalue weighted by atomic mass is 16.6. The molecule has 0 radical (unpaired) electrons. The molecule has 1 rings (SSSR count). The Bertz CT molecular complexity index is 382. The second kappa shape index (κ2) is 6.86. The molecule has 1 aromatic heterocycles. The van der Waals surface area contributed by atoms with Gasteiger partial charge < -0.3 is 19.4 Å². The Morgan fingerprint density at radius 3 is 2.83 bits per heavy atom. The highest BCUT2D eigenvalue weighted by molar-refractivity contribution is 5.66. The van der Waals surface area contributed by atoms with Crippen molar-refractivity contribution in [2.75, 3.05) is 0 Å². The van der Waals surface area contributed by atoms with E-state index in [0.29, 0.717) is 12.8 Å². The van der Waals surface area contributed by atoms with Crippen molar-refractivity contribution in [1.29, 1.82) is 0 Å². The molecule has 100 valence electrons. The number of hydrogen-bond acceptors (Lipinski definition) is 5. The summed E-state index contributed by atoms with van der Waals surface area (Å²) in [5.41, 5.74) is 0. The lowest BCUT2D eigenvalue weighted by atomic mass is 10.0. The Morgan fingerprint density at radius 1 is 1.61 bits per heavy atom. The fourth-order valence-corrected chi connectivity index (χ4v) is 1.66. The first-order valence-corrected chi connectivity index (χ1v) is 5.73. The van der Waals surface area contributed by atoms with Crippen LogP contribution in [0.25, 0.3) is 0 Å². The molecule has 0 fully saturated rings. The molecule has 0 saturated heterocycles. The Balaban J connectivity index is 2.54.